The van der Waals surface area contributed by atoms with Crippen LogP contribution >= 0.6 is 35.0 Å². The minimum atomic E-state index is -0.381. The van der Waals surface area contributed by atoms with Crippen molar-refractivity contribution in [1.82, 2.24) is 5.32 Å². The van der Waals surface area contributed by atoms with Gasteiger partial charge in [0.05, 0.1) is 16.1 Å². The topological polar surface area (TPSA) is 35.8 Å². The Labute approximate surface area is 142 Å². The molecule has 21 heavy (non-hydrogen) atoms. The molecular formula is C16H22Cl2N2S. The van der Waals surface area contributed by atoms with Crippen molar-refractivity contribution in [2.45, 2.75) is 50.0 Å². The monoisotopic (exact) mass is 344 g/mol. The number of hydrogen-bond donors (Lipinski definition) is 1. The summed E-state index contributed by atoms with van der Waals surface area (Å²) in [6, 6.07) is 8.14. The van der Waals surface area contributed by atoms with Gasteiger partial charge in [0.1, 0.15) is 5.54 Å². The van der Waals surface area contributed by atoms with Crippen molar-refractivity contribution in [3.05, 3.63) is 28.2 Å². The summed E-state index contributed by atoms with van der Waals surface area (Å²) in [5, 5.41) is 14.0. The first-order chi connectivity index (χ1) is 10.1. The largest absolute Gasteiger partial charge is 0.299 e. The zero-order valence-corrected chi connectivity index (χ0v) is 14.9. The van der Waals surface area contributed by atoms with E-state index >= 15 is 0 Å². The zero-order chi connectivity index (χ0) is 15.7. The second kappa shape index (κ2) is 9.58. The van der Waals surface area contributed by atoms with Crippen LogP contribution in [0.2, 0.25) is 10.0 Å². The van der Waals surface area contributed by atoms with Crippen molar-refractivity contribution in [2.75, 3.05) is 12.3 Å². The second-order valence-electron chi connectivity index (χ2n) is 5.00. The maximum atomic E-state index is 9.44. The fraction of sp³-hybridized carbons (Fsp3) is 0.562. The minimum Gasteiger partial charge on any atom is -0.299 e. The van der Waals surface area contributed by atoms with Crippen molar-refractivity contribution in [2.24, 2.45) is 0 Å². The highest BCUT2D eigenvalue weighted by atomic mass is 35.5. The first-order valence-corrected chi connectivity index (χ1v) is 9.05. The summed E-state index contributed by atoms with van der Waals surface area (Å²) in [7, 11) is 0. The van der Waals surface area contributed by atoms with Crippen LogP contribution in [0.1, 0.15) is 39.5 Å². The van der Waals surface area contributed by atoms with Crippen LogP contribution in [0.15, 0.2) is 23.1 Å². The van der Waals surface area contributed by atoms with Crippen molar-refractivity contribution in [3.8, 4) is 6.07 Å². The van der Waals surface area contributed by atoms with Crippen molar-refractivity contribution in [3.63, 3.8) is 0 Å². The van der Waals surface area contributed by atoms with Crippen LogP contribution < -0.4 is 5.32 Å². The van der Waals surface area contributed by atoms with Crippen LogP contribution in [-0.4, -0.2) is 17.8 Å². The third-order valence-corrected chi connectivity index (χ3v) is 5.26. The Kier molecular flexibility index (Phi) is 8.51. The molecule has 0 aliphatic rings. The van der Waals surface area contributed by atoms with E-state index in [1.165, 1.54) is 0 Å². The Hall–Kier alpha value is -0.400. The van der Waals surface area contributed by atoms with Crippen LogP contribution in [-0.2, 0) is 0 Å². The Balaban J connectivity index is 2.44. The van der Waals surface area contributed by atoms with E-state index in [0.717, 1.165) is 42.9 Å². The molecule has 0 aliphatic carbocycles. The molecule has 2 nitrogen and oxygen atoms in total. The normalized spacial score (nSPS) is 13.7. The van der Waals surface area contributed by atoms with Crippen LogP contribution in [0.25, 0.3) is 0 Å². The number of benzene rings is 1. The third-order valence-electron chi connectivity index (χ3n) is 3.44. The average Bonchev–Trinajstić information content (AvgIpc) is 2.50. The van der Waals surface area contributed by atoms with Crippen molar-refractivity contribution < 1.29 is 0 Å². The van der Waals surface area contributed by atoms with E-state index in [1.807, 2.05) is 18.2 Å². The van der Waals surface area contributed by atoms with Crippen LogP contribution in [0.3, 0.4) is 0 Å². The minimum absolute atomic E-state index is 0.381. The van der Waals surface area contributed by atoms with Gasteiger partial charge in [-0.1, -0.05) is 37.0 Å². The maximum absolute atomic E-state index is 9.44. The smallest absolute Gasteiger partial charge is 0.106 e. The molecule has 1 N–H and O–H groups in total. The lowest BCUT2D eigenvalue weighted by Gasteiger charge is -2.26. The molecule has 0 heterocycles. The van der Waals surface area contributed by atoms with Crippen molar-refractivity contribution >= 4 is 35.0 Å². The van der Waals surface area contributed by atoms with Crippen molar-refractivity contribution in [1.29, 1.82) is 5.26 Å². The van der Waals surface area contributed by atoms with E-state index in [9.17, 15) is 5.26 Å². The zero-order valence-electron chi connectivity index (χ0n) is 12.6. The van der Waals surface area contributed by atoms with Gasteiger partial charge >= 0.3 is 0 Å². The summed E-state index contributed by atoms with van der Waals surface area (Å²) < 4.78 is 0. The molecule has 0 saturated carbocycles. The molecule has 0 saturated heterocycles. The van der Waals surface area contributed by atoms with Gasteiger partial charge in [0.15, 0.2) is 0 Å². The summed E-state index contributed by atoms with van der Waals surface area (Å²) >= 11 is 13.7. The molecule has 1 unspecified atom stereocenters. The number of nitrogens with one attached hydrogen (secondary N) is 1. The Morgan fingerprint density at radius 1 is 1.29 bits per heavy atom. The van der Waals surface area contributed by atoms with Crippen LogP contribution in [0.4, 0.5) is 0 Å². The molecule has 5 heteroatoms. The molecular weight excluding hydrogens is 323 g/mol. The Bertz CT molecular complexity index is 488. The van der Waals surface area contributed by atoms with Gasteiger partial charge in [-0.2, -0.15) is 5.26 Å². The van der Waals surface area contributed by atoms with Gasteiger partial charge in [-0.15, -0.1) is 11.8 Å². The highest BCUT2D eigenvalue weighted by molar-refractivity contribution is 7.99. The number of thioether (sulfide) groups is 1. The fourth-order valence-electron chi connectivity index (χ4n) is 2.06. The molecule has 0 aromatic heterocycles. The number of nitriles is 1. The Morgan fingerprint density at radius 2 is 2.05 bits per heavy atom. The molecule has 116 valence electrons. The van der Waals surface area contributed by atoms with Gasteiger partial charge in [-0.25, -0.2) is 0 Å². The lowest BCUT2D eigenvalue weighted by atomic mass is 9.92. The quantitative estimate of drug-likeness (QED) is 0.472. The van der Waals surface area contributed by atoms with Crippen LogP contribution in [0.5, 0.6) is 0 Å². The molecule has 0 fully saturated rings. The fourth-order valence-corrected chi connectivity index (χ4v) is 3.31. The van der Waals surface area contributed by atoms with Crippen LogP contribution in [0, 0.1) is 11.3 Å². The number of rotatable bonds is 9. The second-order valence-corrected chi connectivity index (χ2v) is 6.98. The highest BCUT2D eigenvalue weighted by Gasteiger charge is 2.26. The summed E-state index contributed by atoms with van der Waals surface area (Å²) in [6.45, 7) is 5.07. The summed E-state index contributed by atoms with van der Waals surface area (Å²) in [5.41, 5.74) is -0.381. The molecule has 1 aromatic carbocycles. The van der Waals surface area contributed by atoms with Gasteiger partial charge in [-0.05, 0) is 56.2 Å². The molecule has 0 amide bonds. The maximum Gasteiger partial charge on any atom is 0.106 e. The van der Waals surface area contributed by atoms with E-state index < -0.39 is 0 Å². The molecule has 0 spiro atoms. The molecule has 0 bridgehead atoms. The van der Waals surface area contributed by atoms with Gasteiger partial charge in [0.25, 0.3) is 0 Å². The summed E-state index contributed by atoms with van der Waals surface area (Å²) in [5.74, 6) is 0.967. The summed E-state index contributed by atoms with van der Waals surface area (Å²) in [6.07, 6.45) is 3.74. The van der Waals surface area contributed by atoms with Gasteiger partial charge in [0.2, 0.25) is 0 Å². The van der Waals surface area contributed by atoms with Gasteiger partial charge in [-0.3, -0.25) is 5.32 Å². The third kappa shape index (κ3) is 6.08. The molecule has 0 radical (unpaired) electrons. The molecule has 1 aromatic rings. The van der Waals surface area contributed by atoms with E-state index in [1.54, 1.807) is 11.8 Å². The Morgan fingerprint density at radius 3 is 2.62 bits per heavy atom. The van der Waals surface area contributed by atoms with E-state index in [4.69, 9.17) is 23.2 Å². The van der Waals surface area contributed by atoms with E-state index in [2.05, 4.69) is 25.2 Å². The number of nitrogens with zero attached hydrogens (tertiary/aromatic N) is 1. The first kappa shape index (κ1) is 18.6. The van der Waals surface area contributed by atoms with E-state index in [0.29, 0.717) is 10.0 Å². The van der Waals surface area contributed by atoms with Gasteiger partial charge < -0.3 is 0 Å². The lowest BCUT2D eigenvalue weighted by molar-refractivity contribution is 0.371. The SMILES string of the molecule is CCCNC(C#N)(CC)CCCSc1ccc(Cl)c(Cl)c1. The first-order valence-electron chi connectivity index (χ1n) is 7.31. The van der Waals surface area contributed by atoms with E-state index in [-0.39, 0.29) is 5.54 Å². The average molecular weight is 345 g/mol. The molecule has 1 atom stereocenters. The summed E-state index contributed by atoms with van der Waals surface area (Å²) in [4.78, 5) is 1.12. The predicted molar refractivity (Wildman–Crippen MR) is 93.3 cm³/mol. The predicted octanol–water partition coefficient (Wildman–Crippen LogP) is 5.54. The standard InChI is InChI=1S/C16H22Cl2N2S/c1-3-9-20-16(4-2,12-19)8-5-10-21-13-6-7-14(17)15(18)11-13/h6-7,11,20H,3-5,8-10H2,1-2H3. The number of hydrogen-bond acceptors (Lipinski definition) is 3. The number of halogens is 2. The molecule has 1 rings (SSSR count). The highest BCUT2D eigenvalue weighted by Crippen LogP contribution is 2.29. The molecule has 0 aliphatic heterocycles. The van der Waals surface area contributed by atoms with Gasteiger partial charge in [0, 0.05) is 4.90 Å². The lowest BCUT2D eigenvalue weighted by Crippen LogP contribution is -2.43.